The number of hydrogen-bond acceptors (Lipinski definition) is 3. The van der Waals surface area contributed by atoms with Crippen LogP contribution in [0.2, 0.25) is 0 Å². The fraction of sp³-hybridized carbons (Fsp3) is 0.111. The lowest BCUT2D eigenvalue weighted by atomic mass is 10.1. The van der Waals surface area contributed by atoms with E-state index < -0.39 is 0 Å². The van der Waals surface area contributed by atoms with Crippen LogP contribution in [0.5, 0.6) is 0 Å². The first-order chi connectivity index (χ1) is 11.2. The zero-order chi connectivity index (χ0) is 16.0. The summed E-state index contributed by atoms with van der Waals surface area (Å²) in [7, 11) is 1.91. The number of aromatic nitrogens is 3. The third-order valence-corrected chi connectivity index (χ3v) is 4.86. The molecule has 4 aromatic rings. The summed E-state index contributed by atoms with van der Waals surface area (Å²) in [5, 5.41) is 5.44. The minimum absolute atomic E-state index is 0. The van der Waals surface area contributed by atoms with E-state index in [1.54, 1.807) is 16.4 Å². The van der Waals surface area contributed by atoms with Crippen molar-refractivity contribution in [2.45, 2.75) is 4.90 Å². The predicted octanol–water partition coefficient (Wildman–Crippen LogP) is 2.84. The van der Waals surface area contributed by atoms with E-state index in [0.717, 1.165) is 22.0 Å². The highest BCUT2D eigenvalue weighted by Gasteiger charge is 2.19. The van der Waals surface area contributed by atoms with Gasteiger partial charge in [-0.05, 0) is 36.6 Å². The number of fused-ring (bicyclic) bond motifs is 3. The van der Waals surface area contributed by atoms with Crippen molar-refractivity contribution in [3.63, 3.8) is 0 Å². The van der Waals surface area contributed by atoms with Crippen molar-refractivity contribution in [1.29, 1.82) is 0 Å². The van der Waals surface area contributed by atoms with Gasteiger partial charge in [0.15, 0.2) is 6.20 Å². The highest BCUT2D eigenvalue weighted by atomic mass is 32.2. The number of thioether (sulfide) groups is 1. The van der Waals surface area contributed by atoms with Gasteiger partial charge in [0.2, 0.25) is 0 Å². The van der Waals surface area contributed by atoms with Crippen LogP contribution in [0.15, 0.2) is 64.4 Å². The first-order valence-corrected chi connectivity index (χ1v) is 8.58. The lowest BCUT2D eigenvalue weighted by Gasteiger charge is -2.02. The van der Waals surface area contributed by atoms with Gasteiger partial charge < -0.3 is 5.48 Å². The van der Waals surface area contributed by atoms with Gasteiger partial charge in [0.1, 0.15) is 12.6 Å². The molecule has 122 valence electrons. The summed E-state index contributed by atoms with van der Waals surface area (Å²) in [6.07, 6.45) is 4.03. The average molecular weight is 339 g/mol. The molecule has 0 aliphatic rings. The fourth-order valence-corrected chi connectivity index (χ4v) is 3.38. The summed E-state index contributed by atoms with van der Waals surface area (Å²) < 4.78 is 3.50. The van der Waals surface area contributed by atoms with Gasteiger partial charge in [-0.25, -0.2) is 4.68 Å². The van der Waals surface area contributed by atoms with Crippen molar-refractivity contribution in [3.05, 3.63) is 65.1 Å². The highest BCUT2D eigenvalue weighted by Crippen LogP contribution is 2.21. The zero-order valence-electron chi connectivity index (χ0n) is 13.4. The van der Waals surface area contributed by atoms with Crippen LogP contribution in [-0.4, -0.2) is 21.5 Å². The standard InChI is InChI=1S/C18H15N3OS.H2O/c1-20-11-12-5-3-4-6-15(12)16-17(20)18(22)21(19-16)13-7-9-14(23-2)10-8-13;/h3-11H,1-2H3;1H2. The second kappa shape index (κ2) is 6.14. The van der Waals surface area contributed by atoms with Crippen LogP contribution >= 0.6 is 11.8 Å². The summed E-state index contributed by atoms with van der Waals surface area (Å²) >= 11 is 1.68. The van der Waals surface area contributed by atoms with Gasteiger partial charge in [-0.15, -0.1) is 11.8 Å². The fourth-order valence-electron chi connectivity index (χ4n) is 2.97. The van der Waals surface area contributed by atoms with E-state index in [-0.39, 0.29) is 11.0 Å². The molecule has 0 amide bonds. The Morgan fingerprint density at radius 1 is 1.08 bits per heavy atom. The maximum atomic E-state index is 12.9. The molecule has 2 N–H and O–H groups in total. The van der Waals surface area contributed by atoms with Crippen LogP contribution in [-0.2, 0) is 7.05 Å². The molecule has 0 atom stereocenters. The molecule has 0 bridgehead atoms. The maximum absolute atomic E-state index is 12.9. The van der Waals surface area contributed by atoms with Crippen molar-refractivity contribution in [3.8, 4) is 5.69 Å². The number of aryl methyl sites for hydroxylation is 1. The molecule has 0 aliphatic heterocycles. The van der Waals surface area contributed by atoms with Gasteiger partial charge in [0, 0.05) is 15.7 Å². The number of nitrogens with zero attached hydrogens (tertiary/aromatic N) is 2. The summed E-state index contributed by atoms with van der Waals surface area (Å²) in [6, 6.07) is 16.1. The minimum Gasteiger partial charge on any atom is -0.870 e. The molecule has 0 aliphatic carbocycles. The number of aromatic amines is 1. The lowest BCUT2D eigenvalue weighted by molar-refractivity contribution is -0.644. The molecule has 4 rings (SSSR count). The van der Waals surface area contributed by atoms with Crippen LogP contribution in [0.3, 0.4) is 0 Å². The SMILES string of the molecule is CSc1ccc(-n2[nH]c3c4ccccc4c[n+](C)c3c2=O)cc1.[OH-]. The van der Waals surface area contributed by atoms with E-state index in [1.807, 2.05) is 66.5 Å². The molecule has 0 radical (unpaired) electrons. The molecule has 6 heteroatoms. The molecule has 0 saturated carbocycles. The topological polar surface area (TPSA) is 71.7 Å². The Balaban J connectivity index is 0.00000169. The van der Waals surface area contributed by atoms with E-state index in [0.29, 0.717) is 5.52 Å². The third kappa shape index (κ3) is 2.40. The first kappa shape index (κ1) is 16.3. The number of nitrogens with one attached hydrogen (secondary N) is 1. The smallest absolute Gasteiger partial charge is 0.344 e. The molecule has 0 spiro atoms. The molecule has 2 aromatic carbocycles. The molecule has 2 aromatic heterocycles. The number of rotatable bonds is 2. The molecular weight excluding hydrogens is 322 g/mol. The van der Waals surface area contributed by atoms with Crippen LogP contribution in [0.4, 0.5) is 0 Å². The van der Waals surface area contributed by atoms with E-state index in [2.05, 4.69) is 11.2 Å². The Kier molecular flexibility index (Phi) is 4.17. The second-order valence-corrected chi connectivity index (χ2v) is 6.38. The molecule has 24 heavy (non-hydrogen) atoms. The van der Waals surface area contributed by atoms with E-state index in [9.17, 15) is 4.79 Å². The quantitative estimate of drug-likeness (QED) is 0.451. The van der Waals surface area contributed by atoms with Crippen molar-refractivity contribution in [2.24, 2.45) is 7.05 Å². The average Bonchev–Trinajstić information content (AvgIpc) is 2.93. The number of pyridine rings is 1. The van der Waals surface area contributed by atoms with Gasteiger partial charge >= 0.3 is 5.56 Å². The van der Waals surface area contributed by atoms with Crippen molar-refractivity contribution >= 4 is 33.6 Å². The number of hydrogen-bond donors (Lipinski definition) is 1. The Morgan fingerprint density at radius 3 is 2.50 bits per heavy atom. The van der Waals surface area contributed by atoms with E-state index in [1.165, 1.54) is 4.90 Å². The van der Waals surface area contributed by atoms with Crippen molar-refractivity contribution < 1.29 is 10.0 Å². The van der Waals surface area contributed by atoms with Crippen LogP contribution in [0.25, 0.3) is 27.5 Å². The maximum Gasteiger partial charge on any atom is 0.344 e. The normalized spacial score (nSPS) is 10.9. The Labute approximate surface area is 142 Å². The van der Waals surface area contributed by atoms with E-state index >= 15 is 0 Å². The van der Waals surface area contributed by atoms with Gasteiger partial charge in [-0.1, -0.05) is 18.2 Å². The van der Waals surface area contributed by atoms with Crippen molar-refractivity contribution in [2.75, 3.05) is 6.26 Å². The second-order valence-electron chi connectivity index (χ2n) is 5.50. The predicted molar refractivity (Wildman–Crippen MR) is 96.3 cm³/mol. The Hall–Kier alpha value is -2.57. The zero-order valence-corrected chi connectivity index (χ0v) is 14.2. The van der Waals surface area contributed by atoms with Gasteiger partial charge in [0.05, 0.1) is 5.69 Å². The Morgan fingerprint density at radius 2 is 1.79 bits per heavy atom. The van der Waals surface area contributed by atoms with Crippen LogP contribution in [0.1, 0.15) is 0 Å². The summed E-state index contributed by atoms with van der Waals surface area (Å²) in [4.78, 5) is 14.0. The Bertz CT molecular complexity index is 1080. The van der Waals surface area contributed by atoms with Crippen molar-refractivity contribution in [1.82, 2.24) is 9.78 Å². The first-order valence-electron chi connectivity index (χ1n) is 7.35. The number of H-pyrrole nitrogens is 1. The summed E-state index contributed by atoms with van der Waals surface area (Å²) in [5.74, 6) is 0. The van der Waals surface area contributed by atoms with Gasteiger partial charge in [-0.2, -0.15) is 4.57 Å². The molecule has 0 unspecified atom stereocenters. The molecule has 2 heterocycles. The van der Waals surface area contributed by atoms with E-state index in [4.69, 9.17) is 0 Å². The molecule has 5 nitrogen and oxygen atoms in total. The van der Waals surface area contributed by atoms with Crippen LogP contribution in [0, 0.1) is 0 Å². The monoisotopic (exact) mass is 339 g/mol. The largest absolute Gasteiger partial charge is 0.870 e. The summed E-state index contributed by atoms with van der Waals surface area (Å²) in [5.41, 5.74) is 2.35. The third-order valence-electron chi connectivity index (χ3n) is 4.11. The number of benzene rings is 2. The minimum atomic E-state index is -0.0369. The summed E-state index contributed by atoms with van der Waals surface area (Å²) in [6.45, 7) is 0. The van der Waals surface area contributed by atoms with Crippen LogP contribution < -0.4 is 10.1 Å². The highest BCUT2D eigenvalue weighted by molar-refractivity contribution is 7.98. The molecule has 0 saturated heterocycles. The van der Waals surface area contributed by atoms with Gasteiger partial charge in [0.25, 0.3) is 5.52 Å². The lowest BCUT2D eigenvalue weighted by Crippen LogP contribution is -2.33. The van der Waals surface area contributed by atoms with Gasteiger partial charge in [-0.3, -0.25) is 9.89 Å². The molecular formula is C18H17N3O2S. The molecule has 0 fully saturated rings.